The summed E-state index contributed by atoms with van der Waals surface area (Å²) in [7, 11) is -4.61. The fraction of sp³-hybridized carbons (Fsp3) is 0.278. The van der Waals surface area contributed by atoms with Crippen LogP contribution in [0, 0.1) is 0 Å². The smallest absolute Gasteiger partial charge is 0.352 e. The van der Waals surface area contributed by atoms with Gasteiger partial charge in [-0.15, -0.1) is 0 Å². The van der Waals surface area contributed by atoms with Crippen molar-refractivity contribution in [1.82, 2.24) is 10.2 Å². The molecule has 13 heteroatoms. The van der Waals surface area contributed by atoms with Gasteiger partial charge in [0.25, 0.3) is 10.0 Å². The average Bonchev–Trinajstić information content (AvgIpc) is 3.59. The van der Waals surface area contributed by atoms with E-state index in [9.17, 15) is 31.2 Å². The van der Waals surface area contributed by atoms with Crippen molar-refractivity contribution in [3.05, 3.63) is 130 Å². The summed E-state index contributed by atoms with van der Waals surface area (Å²) in [6.07, 6.45) is -1.37. The van der Waals surface area contributed by atoms with E-state index in [2.05, 4.69) is 5.32 Å². The highest BCUT2D eigenvalue weighted by Crippen LogP contribution is 2.38. The second kappa shape index (κ2) is 15.7. The molecular weight excluding hydrogens is 698 g/mol. The number of nitrogens with one attached hydrogen (secondary N) is 1. The minimum absolute atomic E-state index is 0.0835. The van der Waals surface area contributed by atoms with Crippen molar-refractivity contribution in [3.8, 4) is 0 Å². The number of amides is 2. The molecule has 1 aliphatic carbocycles. The standard InChI is InChI=1S/C36H34Cl2F3N3O4S/c37-31-18-10-7-13-26(31)23-43(33(21-25-11-3-1-4-12-25)35(46)42-27-14-8-9-15-27)34(45)24-44(49(47,48)29-16-5-2-6-17-29)28-19-20-32(38)30(22-28)36(39,40)41/h1-7,10-13,16-20,22,27,33H,8-9,14-15,21,23-24H2,(H,42,46)/t33-/m0/s1. The SMILES string of the molecule is O=C(NC1CCCC1)[C@H](Cc1ccccc1)N(Cc1ccccc1Cl)C(=O)CN(c1ccc(Cl)c(C(F)(F)F)c1)S(=O)(=O)c1ccccc1. The summed E-state index contributed by atoms with van der Waals surface area (Å²) in [5, 5.41) is 2.75. The number of halogens is 5. The van der Waals surface area contributed by atoms with Gasteiger partial charge in [-0.2, -0.15) is 13.2 Å². The van der Waals surface area contributed by atoms with Gasteiger partial charge in [0.05, 0.1) is 21.2 Å². The zero-order valence-electron chi connectivity index (χ0n) is 26.2. The number of benzene rings is 4. The number of hydrogen-bond acceptors (Lipinski definition) is 4. The molecule has 258 valence electrons. The van der Waals surface area contributed by atoms with E-state index in [1.807, 2.05) is 18.2 Å². The van der Waals surface area contributed by atoms with Gasteiger partial charge in [0.1, 0.15) is 12.6 Å². The third-order valence-electron chi connectivity index (χ3n) is 8.42. The van der Waals surface area contributed by atoms with Crippen LogP contribution in [0.25, 0.3) is 0 Å². The second-order valence-electron chi connectivity index (χ2n) is 11.8. The van der Waals surface area contributed by atoms with Gasteiger partial charge in [-0.3, -0.25) is 13.9 Å². The molecule has 5 rings (SSSR count). The number of anilines is 1. The molecule has 1 N–H and O–H groups in total. The molecule has 0 saturated heterocycles. The van der Waals surface area contributed by atoms with Gasteiger partial charge in [-0.25, -0.2) is 8.42 Å². The normalized spacial score (nSPS) is 14.3. The Hall–Kier alpha value is -4.06. The van der Waals surface area contributed by atoms with E-state index in [1.165, 1.54) is 29.2 Å². The molecule has 4 aromatic carbocycles. The van der Waals surface area contributed by atoms with Gasteiger partial charge >= 0.3 is 6.18 Å². The highest BCUT2D eigenvalue weighted by atomic mass is 35.5. The Morgan fingerprint density at radius 3 is 2.08 bits per heavy atom. The molecule has 2 amide bonds. The van der Waals surface area contributed by atoms with E-state index in [0.29, 0.717) is 21.0 Å². The van der Waals surface area contributed by atoms with Crippen molar-refractivity contribution in [1.29, 1.82) is 0 Å². The minimum atomic E-state index is -4.91. The molecule has 4 aromatic rings. The number of sulfonamides is 1. The first kappa shape index (κ1) is 36.2. The molecule has 0 heterocycles. The van der Waals surface area contributed by atoms with Crippen molar-refractivity contribution >= 4 is 50.7 Å². The number of carbonyl (C=O) groups excluding carboxylic acids is 2. The summed E-state index contributed by atoms with van der Waals surface area (Å²) < 4.78 is 70.7. The van der Waals surface area contributed by atoms with E-state index in [1.54, 1.807) is 42.5 Å². The summed E-state index contributed by atoms with van der Waals surface area (Å²) in [4.78, 5) is 29.7. The van der Waals surface area contributed by atoms with Crippen LogP contribution in [0.2, 0.25) is 10.0 Å². The molecule has 0 aliphatic heterocycles. The van der Waals surface area contributed by atoms with Crippen LogP contribution in [0.3, 0.4) is 0 Å². The van der Waals surface area contributed by atoms with Crippen LogP contribution in [0.5, 0.6) is 0 Å². The first-order chi connectivity index (χ1) is 23.3. The topological polar surface area (TPSA) is 86.8 Å². The Morgan fingerprint density at radius 1 is 0.837 bits per heavy atom. The monoisotopic (exact) mass is 731 g/mol. The maximum Gasteiger partial charge on any atom is 0.417 e. The van der Waals surface area contributed by atoms with Gasteiger partial charge in [-0.1, -0.05) is 103 Å². The molecule has 0 unspecified atom stereocenters. The zero-order chi connectivity index (χ0) is 35.2. The number of hydrogen-bond donors (Lipinski definition) is 1. The lowest BCUT2D eigenvalue weighted by atomic mass is 10.0. The lowest BCUT2D eigenvalue weighted by Crippen LogP contribution is -2.54. The van der Waals surface area contributed by atoms with Crippen molar-refractivity contribution in [3.63, 3.8) is 0 Å². The van der Waals surface area contributed by atoms with E-state index < -0.39 is 56.9 Å². The molecule has 1 aliphatic rings. The van der Waals surface area contributed by atoms with Crippen LogP contribution in [-0.2, 0) is 38.8 Å². The number of rotatable bonds is 12. The molecule has 0 radical (unpaired) electrons. The lowest BCUT2D eigenvalue weighted by molar-refractivity contribution is -0.140. The third kappa shape index (κ3) is 8.95. The highest BCUT2D eigenvalue weighted by Gasteiger charge is 2.38. The quantitative estimate of drug-likeness (QED) is 0.161. The first-order valence-corrected chi connectivity index (χ1v) is 17.9. The molecule has 0 aromatic heterocycles. The Morgan fingerprint density at radius 2 is 1.45 bits per heavy atom. The first-order valence-electron chi connectivity index (χ1n) is 15.7. The Balaban J connectivity index is 1.61. The van der Waals surface area contributed by atoms with Crippen LogP contribution in [0.4, 0.5) is 18.9 Å². The third-order valence-corrected chi connectivity index (χ3v) is 10.9. The second-order valence-corrected chi connectivity index (χ2v) is 14.5. The summed E-state index contributed by atoms with van der Waals surface area (Å²) in [5.41, 5.74) is -0.459. The van der Waals surface area contributed by atoms with Crippen molar-refractivity contribution in [2.45, 2.75) is 61.8 Å². The van der Waals surface area contributed by atoms with Crippen molar-refractivity contribution in [2.24, 2.45) is 0 Å². The van der Waals surface area contributed by atoms with Crippen LogP contribution in [0.15, 0.2) is 108 Å². The molecule has 1 atom stereocenters. The van der Waals surface area contributed by atoms with Gasteiger partial charge in [0.2, 0.25) is 11.8 Å². The van der Waals surface area contributed by atoms with Gasteiger partial charge in [0.15, 0.2) is 0 Å². The molecule has 0 bridgehead atoms. The maximum atomic E-state index is 14.6. The van der Waals surface area contributed by atoms with Crippen LogP contribution in [-0.4, -0.2) is 43.8 Å². The molecule has 1 saturated carbocycles. The fourth-order valence-corrected chi connectivity index (χ4v) is 7.71. The summed E-state index contributed by atoms with van der Waals surface area (Å²) in [5.74, 6) is -1.26. The Labute approximate surface area is 293 Å². The van der Waals surface area contributed by atoms with Crippen molar-refractivity contribution in [2.75, 3.05) is 10.8 Å². The van der Waals surface area contributed by atoms with Crippen LogP contribution < -0.4 is 9.62 Å². The van der Waals surface area contributed by atoms with E-state index in [-0.39, 0.29) is 23.9 Å². The molecule has 0 spiro atoms. The van der Waals surface area contributed by atoms with Gasteiger partial charge in [0, 0.05) is 24.0 Å². The predicted octanol–water partition coefficient (Wildman–Crippen LogP) is 7.91. The maximum absolute atomic E-state index is 14.6. The zero-order valence-corrected chi connectivity index (χ0v) is 28.6. The van der Waals surface area contributed by atoms with E-state index >= 15 is 0 Å². The van der Waals surface area contributed by atoms with Crippen molar-refractivity contribution < 1.29 is 31.2 Å². The average molecular weight is 733 g/mol. The van der Waals surface area contributed by atoms with Crippen LogP contribution >= 0.6 is 23.2 Å². The Kier molecular flexibility index (Phi) is 11.6. The Bertz CT molecular complexity index is 1870. The van der Waals surface area contributed by atoms with Gasteiger partial charge < -0.3 is 10.2 Å². The van der Waals surface area contributed by atoms with E-state index in [4.69, 9.17) is 23.2 Å². The number of alkyl halides is 3. The summed E-state index contributed by atoms with van der Waals surface area (Å²) in [6.45, 7) is -1.11. The predicted molar refractivity (Wildman–Crippen MR) is 184 cm³/mol. The number of carbonyl (C=O) groups is 2. The fourth-order valence-electron chi connectivity index (χ4n) is 5.87. The molecule has 7 nitrogen and oxygen atoms in total. The molecular formula is C36H34Cl2F3N3O4S. The lowest BCUT2D eigenvalue weighted by Gasteiger charge is -2.34. The molecule has 1 fully saturated rings. The van der Waals surface area contributed by atoms with Crippen LogP contribution in [0.1, 0.15) is 42.4 Å². The minimum Gasteiger partial charge on any atom is -0.352 e. The summed E-state index contributed by atoms with van der Waals surface area (Å²) >= 11 is 12.4. The highest BCUT2D eigenvalue weighted by molar-refractivity contribution is 7.92. The summed E-state index contributed by atoms with van der Waals surface area (Å²) in [6, 6.07) is 24.3. The van der Waals surface area contributed by atoms with E-state index in [0.717, 1.165) is 43.4 Å². The van der Waals surface area contributed by atoms with Gasteiger partial charge in [-0.05, 0) is 60.4 Å². The molecule has 49 heavy (non-hydrogen) atoms. The largest absolute Gasteiger partial charge is 0.417 e. The number of nitrogens with zero attached hydrogens (tertiary/aromatic N) is 2.